The molecule has 0 heterocycles. The lowest BCUT2D eigenvalue weighted by Gasteiger charge is -2.30. The SMILES string of the molecule is COc1ccc(F)c(-c2cc(F)c(COc3ccccc3[C@H](CC(=O)O)C3CC3)cc2[C@@H]2CCCC2(C)C)c1. The fraction of sp³-hybridized carbons (Fsp3) is 0.424. The van der Waals surface area contributed by atoms with E-state index in [1.165, 1.54) is 19.2 Å². The van der Waals surface area contributed by atoms with Crippen molar-refractivity contribution in [3.05, 3.63) is 82.9 Å². The molecule has 0 aromatic heterocycles. The third-order valence-electron chi connectivity index (χ3n) is 8.60. The average molecular weight is 535 g/mol. The number of methoxy groups -OCH3 is 1. The molecule has 0 spiro atoms. The van der Waals surface area contributed by atoms with Crippen LogP contribution in [-0.4, -0.2) is 18.2 Å². The van der Waals surface area contributed by atoms with Crippen molar-refractivity contribution in [2.24, 2.45) is 11.3 Å². The van der Waals surface area contributed by atoms with E-state index in [0.29, 0.717) is 34.1 Å². The minimum atomic E-state index is -0.836. The molecule has 2 saturated carbocycles. The Balaban J connectivity index is 1.52. The third kappa shape index (κ3) is 5.80. The molecule has 6 heteroatoms. The van der Waals surface area contributed by atoms with E-state index in [1.807, 2.05) is 30.3 Å². The molecule has 0 amide bonds. The molecule has 1 N–H and O–H groups in total. The molecule has 3 aromatic rings. The van der Waals surface area contributed by atoms with Crippen LogP contribution in [0.3, 0.4) is 0 Å². The maximum absolute atomic E-state index is 15.7. The summed E-state index contributed by atoms with van der Waals surface area (Å²) in [5, 5.41) is 9.48. The number of rotatable bonds is 10. The second kappa shape index (κ2) is 11.0. The van der Waals surface area contributed by atoms with Gasteiger partial charge in [0, 0.05) is 17.0 Å². The zero-order chi connectivity index (χ0) is 27.7. The Morgan fingerprint density at radius 2 is 1.79 bits per heavy atom. The molecule has 2 fully saturated rings. The number of hydrogen-bond acceptors (Lipinski definition) is 3. The normalized spacial score (nSPS) is 19.1. The van der Waals surface area contributed by atoms with Crippen LogP contribution in [0, 0.1) is 23.0 Å². The smallest absolute Gasteiger partial charge is 0.303 e. The zero-order valence-electron chi connectivity index (χ0n) is 22.8. The first-order chi connectivity index (χ1) is 18.7. The number of benzene rings is 3. The number of hydrogen-bond donors (Lipinski definition) is 1. The van der Waals surface area contributed by atoms with Crippen LogP contribution in [0.1, 0.15) is 80.9 Å². The van der Waals surface area contributed by atoms with E-state index >= 15 is 8.78 Å². The largest absolute Gasteiger partial charge is 0.497 e. The lowest BCUT2D eigenvalue weighted by Crippen LogP contribution is -2.17. The van der Waals surface area contributed by atoms with Crippen LogP contribution in [-0.2, 0) is 11.4 Å². The summed E-state index contributed by atoms with van der Waals surface area (Å²) in [6.07, 6.45) is 5.09. The lowest BCUT2D eigenvalue weighted by atomic mass is 9.75. The van der Waals surface area contributed by atoms with Crippen molar-refractivity contribution in [3.63, 3.8) is 0 Å². The van der Waals surface area contributed by atoms with Crippen molar-refractivity contribution in [2.75, 3.05) is 7.11 Å². The minimum absolute atomic E-state index is 0.00563. The highest BCUT2D eigenvalue weighted by Crippen LogP contribution is 2.52. The lowest BCUT2D eigenvalue weighted by molar-refractivity contribution is -0.137. The summed E-state index contributed by atoms with van der Waals surface area (Å²) in [5.41, 5.74) is 3.03. The quantitative estimate of drug-likeness (QED) is 0.283. The fourth-order valence-corrected chi connectivity index (χ4v) is 6.30. The van der Waals surface area contributed by atoms with E-state index in [0.717, 1.165) is 43.2 Å². The van der Waals surface area contributed by atoms with Gasteiger partial charge in [-0.05, 0) is 96.0 Å². The molecule has 206 valence electrons. The number of carboxylic acid groups (broad SMARTS) is 1. The van der Waals surface area contributed by atoms with Crippen molar-refractivity contribution in [2.45, 2.75) is 70.8 Å². The van der Waals surface area contributed by atoms with Gasteiger partial charge in [0.25, 0.3) is 0 Å². The van der Waals surface area contributed by atoms with Crippen molar-refractivity contribution >= 4 is 5.97 Å². The molecule has 3 aromatic carbocycles. The van der Waals surface area contributed by atoms with E-state index in [2.05, 4.69) is 13.8 Å². The number of para-hydroxylation sites is 1. The standard InChI is InChI=1S/C33H36F2O4/c1-33(2)14-6-8-28(33)26-15-21(30(35)17-25(26)27-16-22(38-3)12-13-29(27)34)19-39-31-9-5-4-7-23(31)24(18-32(36)37)20-10-11-20/h4-5,7,9,12-13,15-17,20,24,28H,6,8,10-11,14,18-19H2,1-3H3,(H,36,37)/t24-,28+/m1/s1. The van der Waals surface area contributed by atoms with Gasteiger partial charge in [-0.3, -0.25) is 4.79 Å². The van der Waals surface area contributed by atoms with Gasteiger partial charge < -0.3 is 14.6 Å². The molecule has 0 saturated heterocycles. The highest BCUT2D eigenvalue weighted by molar-refractivity contribution is 5.71. The molecule has 0 aliphatic heterocycles. The van der Waals surface area contributed by atoms with Crippen LogP contribution in [0.15, 0.2) is 54.6 Å². The molecule has 0 unspecified atom stereocenters. The first-order valence-electron chi connectivity index (χ1n) is 13.8. The summed E-state index contributed by atoms with van der Waals surface area (Å²) in [5.74, 6) is -0.285. The first kappa shape index (κ1) is 27.2. The van der Waals surface area contributed by atoms with Crippen LogP contribution in [0.25, 0.3) is 11.1 Å². The Labute approximate surface area is 229 Å². The molecule has 4 nitrogen and oxygen atoms in total. The summed E-state index contributed by atoms with van der Waals surface area (Å²) in [6, 6.07) is 15.3. The van der Waals surface area contributed by atoms with Crippen LogP contribution in [0.4, 0.5) is 8.78 Å². The summed E-state index contributed by atoms with van der Waals surface area (Å²) < 4.78 is 42.3. The van der Waals surface area contributed by atoms with Gasteiger partial charge in [0.05, 0.1) is 13.5 Å². The number of carbonyl (C=O) groups is 1. The Morgan fingerprint density at radius 3 is 2.46 bits per heavy atom. The fourth-order valence-electron chi connectivity index (χ4n) is 6.30. The predicted molar refractivity (Wildman–Crippen MR) is 147 cm³/mol. The Hall–Kier alpha value is -3.41. The summed E-state index contributed by atoms with van der Waals surface area (Å²) in [4.78, 5) is 11.6. The Bertz CT molecular complexity index is 1360. The van der Waals surface area contributed by atoms with Crippen LogP contribution >= 0.6 is 0 Å². The summed E-state index contributed by atoms with van der Waals surface area (Å²) in [6.45, 7) is 4.42. The second-order valence-corrected chi connectivity index (χ2v) is 11.7. The van der Waals surface area contributed by atoms with Gasteiger partial charge in [0.2, 0.25) is 0 Å². The maximum atomic E-state index is 15.7. The summed E-state index contributed by atoms with van der Waals surface area (Å²) in [7, 11) is 1.53. The second-order valence-electron chi connectivity index (χ2n) is 11.7. The van der Waals surface area contributed by atoms with Crippen LogP contribution in [0.5, 0.6) is 11.5 Å². The number of aliphatic carboxylic acids is 1. The highest BCUT2D eigenvalue weighted by atomic mass is 19.1. The van der Waals surface area contributed by atoms with Gasteiger partial charge in [0.15, 0.2) is 0 Å². The van der Waals surface area contributed by atoms with Gasteiger partial charge in [-0.15, -0.1) is 0 Å². The van der Waals surface area contributed by atoms with Gasteiger partial charge >= 0.3 is 5.97 Å². The van der Waals surface area contributed by atoms with E-state index < -0.39 is 17.6 Å². The topological polar surface area (TPSA) is 55.8 Å². The Morgan fingerprint density at radius 1 is 1.03 bits per heavy atom. The molecule has 0 bridgehead atoms. The number of ether oxygens (including phenoxy) is 2. The molecule has 2 aliphatic carbocycles. The van der Waals surface area contributed by atoms with E-state index in [-0.39, 0.29) is 30.3 Å². The van der Waals surface area contributed by atoms with Gasteiger partial charge in [-0.1, -0.05) is 38.5 Å². The molecule has 39 heavy (non-hydrogen) atoms. The minimum Gasteiger partial charge on any atom is -0.497 e. The first-order valence-corrected chi connectivity index (χ1v) is 13.8. The summed E-state index contributed by atoms with van der Waals surface area (Å²) >= 11 is 0. The van der Waals surface area contributed by atoms with Crippen molar-refractivity contribution in [1.29, 1.82) is 0 Å². The van der Waals surface area contributed by atoms with Crippen LogP contribution < -0.4 is 9.47 Å². The van der Waals surface area contributed by atoms with E-state index in [1.54, 1.807) is 12.1 Å². The predicted octanol–water partition coefficient (Wildman–Crippen LogP) is 8.48. The molecule has 0 radical (unpaired) electrons. The zero-order valence-corrected chi connectivity index (χ0v) is 22.8. The van der Waals surface area contributed by atoms with Crippen molar-refractivity contribution < 1.29 is 28.2 Å². The molecule has 2 atom stereocenters. The number of halogens is 2. The monoisotopic (exact) mass is 534 g/mol. The molecule has 2 aliphatic rings. The average Bonchev–Trinajstić information content (AvgIpc) is 3.69. The van der Waals surface area contributed by atoms with Crippen molar-refractivity contribution in [1.82, 2.24) is 0 Å². The highest BCUT2D eigenvalue weighted by Gasteiger charge is 2.38. The maximum Gasteiger partial charge on any atom is 0.303 e. The Kier molecular flexibility index (Phi) is 7.66. The molecular formula is C33H36F2O4. The van der Waals surface area contributed by atoms with Crippen LogP contribution in [0.2, 0.25) is 0 Å². The van der Waals surface area contributed by atoms with Gasteiger partial charge in [-0.25, -0.2) is 8.78 Å². The molecular weight excluding hydrogens is 498 g/mol. The van der Waals surface area contributed by atoms with E-state index in [9.17, 15) is 9.90 Å². The van der Waals surface area contributed by atoms with Gasteiger partial charge in [-0.2, -0.15) is 0 Å². The van der Waals surface area contributed by atoms with Gasteiger partial charge in [0.1, 0.15) is 29.7 Å². The third-order valence-corrected chi connectivity index (χ3v) is 8.60. The molecule has 5 rings (SSSR count). The number of carboxylic acids is 1. The van der Waals surface area contributed by atoms with E-state index in [4.69, 9.17) is 9.47 Å². The van der Waals surface area contributed by atoms with Crippen molar-refractivity contribution in [3.8, 4) is 22.6 Å².